The van der Waals surface area contributed by atoms with Gasteiger partial charge in [-0.25, -0.2) is 4.79 Å². The number of rotatable bonds is 12. The van der Waals surface area contributed by atoms with Crippen molar-refractivity contribution in [2.45, 2.75) is 78.5 Å². The van der Waals surface area contributed by atoms with Crippen LogP contribution in [0.25, 0.3) is 0 Å². The molecule has 1 aromatic carbocycles. The van der Waals surface area contributed by atoms with Gasteiger partial charge in [0.1, 0.15) is 5.60 Å². The van der Waals surface area contributed by atoms with Gasteiger partial charge in [0.15, 0.2) is 11.5 Å². The highest BCUT2D eigenvalue weighted by molar-refractivity contribution is 5.67. The molecule has 1 aromatic rings. The number of carbonyl (C=O) groups is 1. The van der Waals surface area contributed by atoms with E-state index in [0.717, 1.165) is 12.0 Å². The second-order valence-electron chi connectivity index (χ2n) is 9.46. The van der Waals surface area contributed by atoms with Crippen molar-refractivity contribution in [2.24, 2.45) is 5.92 Å². The predicted molar refractivity (Wildman–Crippen MR) is 122 cm³/mol. The van der Waals surface area contributed by atoms with Gasteiger partial charge < -0.3 is 24.8 Å². The van der Waals surface area contributed by atoms with Crippen LogP contribution in [0.1, 0.15) is 66.4 Å². The average Bonchev–Trinajstić information content (AvgIpc) is 2.66. The predicted octanol–water partition coefficient (Wildman–Crippen LogP) is 4.80. The topological polar surface area (TPSA) is 92.6 Å². The summed E-state index contributed by atoms with van der Waals surface area (Å²) >= 11 is 0. The van der Waals surface area contributed by atoms with Crippen LogP contribution in [0.2, 0.25) is 0 Å². The molecule has 1 atom stereocenters. The Morgan fingerprint density at radius 2 is 1.90 bits per heavy atom. The lowest BCUT2D eigenvalue weighted by Crippen LogP contribution is -2.52. The van der Waals surface area contributed by atoms with Gasteiger partial charge in [0.2, 0.25) is 0 Å². The molecule has 2 N–H and O–H groups in total. The Hall–Kier alpha value is -2.46. The van der Waals surface area contributed by atoms with Crippen LogP contribution in [0.15, 0.2) is 18.2 Å². The Labute approximate surface area is 187 Å². The normalized spacial score (nSPS) is 13.3. The van der Waals surface area contributed by atoms with Gasteiger partial charge >= 0.3 is 6.09 Å². The summed E-state index contributed by atoms with van der Waals surface area (Å²) in [6, 6.07) is 7.95. The van der Waals surface area contributed by atoms with Gasteiger partial charge in [-0.1, -0.05) is 19.9 Å². The van der Waals surface area contributed by atoms with Crippen LogP contribution in [0.4, 0.5) is 4.79 Å². The third-order valence-corrected chi connectivity index (χ3v) is 4.52. The Morgan fingerprint density at radius 1 is 1.19 bits per heavy atom. The molecule has 0 spiro atoms. The molecule has 0 aromatic heterocycles. The van der Waals surface area contributed by atoms with E-state index in [0.29, 0.717) is 50.0 Å². The molecule has 0 aliphatic rings. The minimum atomic E-state index is -0.529. The van der Waals surface area contributed by atoms with Gasteiger partial charge in [0.25, 0.3) is 0 Å². The molecule has 1 amide bonds. The summed E-state index contributed by atoms with van der Waals surface area (Å²) in [5, 5.41) is 15.2. The first-order chi connectivity index (χ1) is 14.5. The first-order valence-electron chi connectivity index (χ1n) is 10.9. The molecule has 0 aliphatic carbocycles. The fourth-order valence-corrected chi connectivity index (χ4v) is 3.28. The summed E-state index contributed by atoms with van der Waals surface area (Å²) in [5.41, 5.74) is 0.209. The van der Waals surface area contributed by atoms with Crippen LogP contribution in [0.5, 0.6) is 11.5 Å². The number of alkyl carbamates (subject to hydrolysis) is 1. The molecule has 0 heterocycles. The Balaban J connectivity index is 2.80. The molecular weight excluding hydrogens is 394 g/mol. The largest absolute Gasteiger partial charge is 0.493 e. The molecule has 7 nitrogen and oxygen atoms in total. The van der Waals surface area contributed by atoms with Crippen LogP contribution in [0.3, 0.4) is 0 Å². The Kier molecular flexibility index (Phi) is 10.6. The number of benzene rings is 1. The number of nitriles is 1. The van der Waals surface area contributed by atoms with E-state index < -0.39 is 11.7 Å². The maximum Gasteiger partial charge on any atom is 0.407 e. The number of hydrogen-bond acceptors (Lipinski definition) is 6. The van der Waals surface area contributed by atoms with Crippen molar-refractivity contribution in [3.63, 3.8) is 0 Å². The Bertz CT molecular complexity index is 737. The first-order valence-corrected chi connectivity index (χ1v) is 10.9. The number of ether oxygens (including phenoxy) is 3. The zero-order valence-corrected chi connectivity index (χ0v) is 20.1. The highest BCUT2D eigenvalue weighted by Crippen LogP contribution is 2.29. The molecule has 0 saturated heterocycles. The fourth-order valence-electron chi connectivity index (χ4n) is 3.28. The van der Waals surface area contributed by atoms with Crippen LogP contribution in [0, 0.1) is 17.2 Å². The van der Waals surface area contributed by atoms with Crippen LogP contribution in [-0.4, -0.2) is 37.5 Å². The lowest BCUT2D eigenvalue weighted by Gasteiger charge is -2.33. The van der Waals surface area contributed by atoms with Gasteiger partial charge in [-0.05, 0) is 64.2 Å². The van der Waals surface area contributed by atoms with Gasteiger partial charge in [-0.15, -0.1) is 0 Å². The molecule has 1 rings (SSSR count). The third kappa shape index (κ3) is 10.9. The second kappa shape index (κ2) is 12.4. The number of methoxy groups -OCH3 is 1. The first kappa shape index (κ1) is 26.6. The molecule has 0 saturated carbocycles. The number of unbranched alkanes of at least 4 members (excludes halogenated alkanes) is 1. The Morgan fingerprint density at radius 3 is 2.48 bits per heavy atom. The minimum Gasteiger partial charge on any atom is -0.493 e. The molecule has 0 unspecified atom stereocenters. The molecule has 0 fully saturated rings. The number of nitrogens with zero attached hydrogens (tertiary/aromatic N) is 1. The van der Waals surface area contributed by atoms with Crippen molar-refractivity contribution in [1.29, 1.82) is 5.26 Å². The fraction of sp³-hybridized carbons (Fsp3) is 0.667. The van der Waals surface area contributed by atoms with E-state index in [9.17, 15) is 4.79 Å². The molecule has 31 heavy (non-hydrogen) atoms. The smallest absolute Gasteiger partial charge is 0.407 e. The average molecular weight is 434 g/mol. The van der Waals surface area contributed by atoms with E-state index in [1.54, 1.807) is 7.11 Å². The van der Waals surface area contributed by atoms with Crippen molar-refractivity contribution < 1.29 is 19.0 Å². The minimum absolute atomic E-state index is 0.307. The summed E-state index contributed by atoms with van der Waals surface area (Å²) in [6.45, 7) is 13.5. The summed E-state index contributed by atoms with van der Waals surface area (Å²) in [7, 11) is 1.61. The van der Waals surface area contributed by atoms with Gasteiger partial charge in [0, 0.05) is 25.0 Å². The number of nitrogens with one attached hydrogen (secondary N) is 2. The monoisotopic (exact) mass is 433 g/mol. The van der Waals surface area contributed by atoms with Crippen molar-refractivity contribution in [1.82, 2.24) is 10.6 Å². The molecular formula is C24H39N3O4. The maximum absolute atomic E-state index is 12.1. The third-order valence-electron chi connectivity index (χ3n) is 4.52. The summed E-state index contributed by atoms with van der Waals surface area (Å²) in [6.07, 6.45) is 1.60. The van der Waals surface area contributed by atoms with Crippen molar-refractivity contribution in [2.75, 3.05) is 20.3 Å². The van der Waals surface area contributed by atoms with E-state index in [1.165, 1.54) is 0 Å². The van der Waals surface area contributed by atoms with E-state index in [-0.39, 0.29) is 5.54 Å². The van der Waals surface area contributed by atoms with Crippen molar-refractivity contribution in [3.8, 4) is 17.6 Å². The maximum atomic E-state index is 12.1. The van der Waals surface area contributed by atoms with E-state index in [1.807, 2.05) is 39.0 Å². The van der Waals surface area contributed by atoms with Gasteiger partial charge in [-0.2, -0.15) is 5.26 Å². The summed E-state index contributed by atoms with van der Waals surface area (Å²) in [4.78, 5) is 12.1. The molecule has 174 valence electrons. The van der Waals surface area contributed by atoms with Gasteiger partial charge in [0.05, 0.1) is 19.8 Å². The van der Waals surface area contributed by atoms with E-state index in [4.69, 9.17) is 19.5 Å². The molecule has 0 radical (unpaired) electrons. The molecule has 0 bridgehead atoms. The zero-order chi connectivity index (χ0) is 23.5. The van der Waals surface area contributed by atoms with Crippen molar-refractivity contribution in [3.05, 3.63) is 23.8 Å². The lowest BCUT2D eigenvalue weighted by atomic mass is 9.90. The number of amides is 1. The number of hydrogen-bond donors (Lipinski definition) is 2. The van der Waals surface area contributed by atoms with Gasteiger partial charge in [-0.3, -0.25) is 0 Å². The van der Waals surface area contributed by atoms with Crippen LogP contribution >= 0.6 is 0 Å². The van der Waals surface area contributed by atoms with E-state index >= 15 is 0 Å². The van der Waals surface area contributed by atoms with E-state index in [2.05, 4.69) is 37.5 Å². The second-order valence-corrected chi connectivity index (χ2v) is 9.46. The SMILES string of the molecule is COc1ccc(CN[C@@](C)(CNC(=O)OC(C)(C)C)CC(C)C)cc1OCCCC#N. The molecule has 0 aliphatic heterocycles. The van der Waals surface area contributed by atoms with Crippen LogP contribution < -0.4 is 20.1 Å². The molecule has 7 heteroatoms. The highest BCUT2D eigenvalue weighted by Gasteiger charge is 2.27. The summed E-state index contributed by atoms with van der Waals surface area (Å²) < 4.78 is 16.6. The van der Waals surface area contributed by atoms with Crippen LogP contribution in [-0.2, 0) is 11.3 Å². The quantitative estimate of drug-likeness (QED) is 0.460. The lowest BCUT2D eigenvalue weighted by molar-refractivity contribution is 0.0507. The zero-order valence-electron chi connectivity index (χ0n) is 20.1. The van der Waals surface area contributed by atoms with Crippen molar-refractivity contribution >= 4 is 6.09 Å². The number of carbonyl (C=O) groups excluding carboxylic acids is 1. The highest BCUT2D eigenvalue weighted by atomic mass is 16.6. The standard InChI is InChI=1S/C24H39N3O4/c1-18(2)15-24(6,17-26-22(28)31-23(3,4)5)27-16-19-10-11-20(29-7)21(14-19)30-13-9-8-12-25/h10-11,14,18,27H,8-9,13,15-17H2,1-7H3,(H,26,28)/t24-/m1/s1. The summed E-state index contributed by atoms with van der Waals surface area (Å²) in [5.74, 6) is 1.78.